The Morgan fingerprint density at radius 3 is 2.47 bits per heavy atom. The first-order chi connectivity index (χ1) is 16.2. The Morgan fingerprint density at radius 2 is 1.85 bits per heavy atom. The summed E-state index contributed by atoms with van der Waals surface area (Å²) in [5, 5.41) is 2.66. The number of rotatable bonds is 6. The average molecular weight is 485 g/mol. The first kappa shape index (κ1) is 23.8. The highest BCUT2D eigenvalue weighted by Gasteiger charge is 2.37. The lowest BCUT2D eigenvalue weighted by atomic mass is 10.0. The van der Waals surface area contributed by atoms with Gasteiger partial charge in [0.1, 0.15) is 17.7 Å². The highest BCUT2D eigenvalue weighted by molar-refractivity contribution is 7.89. The van der Waals surface area contributed by atoms with Crippen molar-refractivity contribution >= 4 is 27.4 Å². The summed E-state index contributed by atoms with van der Waals surface area (Å²) in [6.07, 6.45) is 4.88. The molecule has 0 radical (unpaired) electrons. The summed E-state index contributed by atoms with van der Waals surface area (Å²) in [6, 6.07) is 9.05. The molecular weight excluding hydrogens is 459 g/mol. The van der Waals surface area contributed by atoms with Crippen LogP contribution in [0, 0.1) is 12.7 Å². The van der Waals surface area contributed by atoms with Crippen molar-refractivity contribution in [3.63, 3.8) is 0 Å². The lowest BCUT2D eigenvalue weighted by Gasteiger charge is -2.33. The van der Waals surface area contributed by atoms with Gasteiger partial charge < -0.3 is 9.88 Å². The summed E-state index contributed by atoms with van der Waals surface area (Å²) >= 11 is 0. The van der Waals surface area contributed by atoms with Gasteiger partial charge in [-0.25, -0.2) is 17.8 Å². The van der Waals surface area contributed by atoms with E-state index in [0.29, 0.717) is 36.3 Å². The van der Waals surface area contributed by atoms with Crippen LogP contribution in [0.15, 0.2) is 59.8 Å². The van der Waals surface area contributed by atoms with Crippen LogP contribution in [0.25, 0.3) is 5.69 Å². The molecule has 10 heteroatoms. The van der Waals surface area contributed by atoms with Crippen molar-refractivity contribution in [2.75, 3.05) is 11.9 Å². The molecule has 34 heavy (non-hydrogen) atoms. The number of hydrogen-bond donors (Lipinski definition) is 1. The summed E-state index contributed by atoms with van der Waals surface area (Å²) in [7, 11) is -3.96. The molecule has 1 atom stereocenters. The number of piperidine rings is 1. The average Bonchev–Trinajstić information content (AvgIpc) is 3.24. The molecule has 4 rings (SSSR count). The molecule has 2 heterocycles. The molecular formula is C24H25FN4O4S. The van der Waals surface area contributed by atoms with Gasteiger partial charge in [-0.3, -0.25) is 9.59 Å². The van der Waals surface area contributed by atoms with Crippen molar-refractivity contribution in [3.8, 4) is 5.69 Å². The summed E-state index contributed by atoms with van der Waals surface area (Å²) in [5.74, 6) is -0.608. The van der Waals surface area contributed by atoms with E-state index in [2.05, 4.69) is 10.3 Å². The zero-order chi connectivity index (χ0) is 24.5. The molecule has 0 bridgehead atoms. The maximum absolute atomic E-state index is 14.7. The number of hydrogen-bond acceptors (Lipinski definition) is 5. The van der Waals surface area contributed by atoms with E-state index in [0.717, 1.165) is 0 Å². The van der Waals surface area contributed by atoms with Gasteiger partial charge in [-0.05, 0) is 57.0 Å². The fourth-order valence-corrected chi connectivity index (χ4v) is 5.75. The van der Waals surface area contributed by atoms with E-state index in [1.165, 1.54) is 47.6 Å². The van der Waals surface area contributed by atoms with Crippen molar-refractivity contribution in [1.82, 2.24) is 13.9 Å². The molecule has 1 aliphatic heterocycles. The standard InChI is InChI=1S/C24H25FN4O4S/c1-16(30)18-6-9-20(10-7-18)34(32,33)29-13-4-3-5-23(29)24(31)27-19-8-11-22(21(25)15-19)28-14-12-26-17(28)2/h6-12,14-15,23H,3-5,13H2,1-2H3,(H,27,31). The van der Waals surface area contributed by atoms with Gasteiger partial charge in [-0.1, -0.05) is 18.6 Å². The maximum Gasteiger partial charge on any atom is 0.243 e. The van der Waals surface area contributed by atoms with Crippen LogP contribution in [0.5, 0.6) is 0 Å². The number of carbonyl (C=O) groups excluding carboxylic acids is 2. The Hall–Kier alpha value is -3.37. The molecule has 3 aromatic rings. The van der Waals surface area contributed by atoms with E-state index in [4.69, 9.17) is 0 Å². The summed E-state index contributed by atoms with van der Waals surface area (Å²) in [6.45, 7) is 3.35. The summed E-state index contributed by atoms with van der Waals surface area (Å²) < 4.78 is 44.1. The minimum atomic E-state index is -3.96. The third-order valence-corrected chi connectivity index (χ3v) is 7.85. The molecule has 8 nitrogen and oxygen atoms in total. The van der Waals surface area contributed by atoms with Gasteiger partial charge in [0.05, 0.1) is 10.6 Å². The van der Waals surface area contributed by atoms with Gasteiger partial charge in [0.2, 0.25) is 15.9 Å². The van der Waals surface area contributed by atoms with E-state index in [1.54, 1.807) is 30.0 Å². The second-order valence-electron chi connectivity index (χ2n) is 8.21. The van der Waals surface area contributed by atoms with Crippen molar-refractivity contribution in [2.24, 2.45) is 0 Å². The number of nitrogens with zero attached hydrogens (tertiary/aromatic N) is 3. The third kappa shape index (κ3) is 4.64. The van der Waals surface area contributed by atoms with Crippen LogP contribution >= 0.6 is 0 Å². The van der Waals surface area contributed by atoms with Gasteiger partial charge in [0.15, 0.2) is 5.78 Å². The Morgan fingerprint density at radius 1 is 1.12 bits per heavy atom. The number of aromatic nitrogens is 2. The quantitative estimate of drug-likeness (QED) is 0.538. The second kappa shape index (κ2) is 9.47. The van der Waals surface area contributed by atoms with Gasteiger partial charge in [-0.15, -0.1) is 0 Å². The molecule has 1 saturated heterocycles. The largest absolute Gasteiger partial charge is 0.325 e. The van der Waals surface area contributed by atoms with Gasteiger partial charge in [0.25, 0.3) is 0 Å². The Bertz CT molecular complexity index is 1340. The molecule has 0 spiro atoms. The number of sulfonamides is 1. The molecule has 1 aromatic heterocycles. The molecule has 1 fully saturated rings. The SMILES string of the molecule is CC(=O)c1ccc(S(=O)(=O)N2CCCCC2C(=O)Nc2ccc(-n3ccnc3C)c(F)c2)cc1. The number of anilines is 1. The maximum atomic E-state index is 14.7. The van der Waals surface area contributed by atoms with Crippen molar-refractivity contribution < 1.29 is 22.4 Å². The zero-order valence-electron chi connectivity index (χ0n) is 18.9. The normalized spacial score (nSPS) is 16.9. The van der Waals surface area contributed by atoms with E-state index < -0.39 is 27.8 Å². The molecule has 1 aliphatic rings. The van der Waals surface area contributed by atoms with E-state index in [9.17, 15) is 22.4 Å². The second-order valence-corrected chi connectivity index (χ2v) is 10.1. The first-order valence-corrected chi connectivity index (χ1v) is 12.4. The fourth-order valence-electron chi connectivity index (χ4n) is 4.09. The molecule has 0 saturated carbocycles. The predicted molar refractivity (Wildman–Crippen MR) is 125 cm³/mol. The monoisotopic (exact) mass is 484 g/mol. The van der Waals surface area contributed by atoms with Crippen molar-refractivity contribution in [2.45, 2.75) is 44.0 Å². The van der Waals surface area contributed by atoms with Gasteiger partial charge >= 0.3 is 0 Å². The Kier molecular flexibility index (Phi) is 6.63. The minimum Gasteiger partial charge on any atom is -0.325 e. The fraction of sp³-hybridized carbons (Fsp3) is 0.292. The number of amides is 1. The van der Waals surface area contributed by atoms with Crippen LogP contribution < -0.4 is 5.32 Å². The third-order valence-electron chi connectivity index (χ3n) is 5.92. The Labute approximate surface area is 197 Å². The first-order valence-electron chi connectivity index (χ1n) is 10.9. The molecule has 178 valence electrons. The van der Waals surface area contributed by atoms with Crippen molar-refractivity contribution in [3.05, 3.63) is 72.1 Å². The number of nitrogens with one attached hydrogen (secondary N) is 1. The van der Waals surface area contributed by atoms with E-state index >= 15 is 0 Å². The number of carbonyl (C=O) groups is 2. The highest BCUT2D eigenvalue weighted by Crippen LogP contribution is 2.27. The number of Topliss-reactive ketones (excluding diaryl/α,β-unsaturated/α-hetero) is 1. The van der Waals surface area contributed by atoms with Crippen LogP contribution in [-0.4, -0.2) is 46.6 Å². The number of aryl methyl sites for hydroxylation is 1. The summed E-state index contributed by atoms with van der Waals surface area (Å²) in [5.41, 5.74) is 0.935. The molecule has 0 aliphatic carbocycles. The molecule has 1 N–H and O–H groups in total. The van der Waals surface area contributed by atoms with Crippen molar-refractivity contribution in [1.29, 1.82) is 0 Å². The lowest BCUT2D eigenvalue weighted by Crippen LogP contribution is -2.49. The zero-order valence-corrected chi connectivity index (χ0v) is 19.7. The van der Waals surface area contributed by atoms with E-state index in [1.807, 2.05) is 0 Å². The number of ketones is 1. The predicted octanol–water partition coefficient (Wildman–Crippen LogP) is 3.70. The summed E-state index contributed by atoms with van der Waals surface area (Å²) in [4.78, 5) is 28.7. The molecule has 2 aromatic carbocycles. The number of imidazole rings is 1. The smallest absolute Gasteiger partial charge is 0.243 e. The lowest BCUT2D eigenvalue weighted by molar-refractivity contribution is -0.120. The van der Waals surface area contributed by atoms with Crippen LogP contribution in [0.3, 0.4) is 0 Å². The van der Waals surface area contributed by atoms with Gasteiger partial charge in [-0.2, -0.15) is 4.31 Å². The highest BCUT2D eigenvalue weighted by atomic mass is 32.2. The molecule has 1 amide bonds. The number of benzene rings is 2. The van der Waals surface area contributed by atoms with Crippen LogP contribution in [0.2, 0.25) is 0 Å². The van der Waals surface area contributed by atoms with Crippen LogP contribution in [-0.2, 0) is 14.8 Å². The molecule has 1 unspecified atom stereocenters. The van der Waals surface area contributed by atoms with Gasteiger partial charge in [0, 0.05) is 30.2 Å². The van der Waals surface area contributed by atoms with Crippen LogP contribution in [0.1, 0.15) is 42.4 Å². The van der Waals surface area contributed by atoms with E-state index in [-0.39, 0.29) is 22.9 Å². The number of halogens is 1. The topological polar surface area (TPSA) is 101 Å². The van der Waals surface area contributed by atoms with Crippen LogP contribution in [0.4, 0.5) is 10.1 Å². The Balaban J connectivity index is 1.55. The minimum absolute atomic E-state index is 0.0169.